The monoisotopic (exact) mass is 318 g/mol. The molecule has 0 saturated heterocycles. The van der Waals surface area contributed by atoms with Crippen LogP contribution in [0.25, 0.3) is 0 Å². The van der Waals surface area contributed by atoms with Gasteiger partial charge >= 0.3 is 0 Å². The summed E-state index contributed by atoms with van der Waals surface area (Å²) in [5.41, 5.74) is 1.99. The molecule has 0 aliphatic heterocycles. The predicted molar refractivity (Wildman–Crippen MR) is 89.2 cm³/mol. The molecular formula is C16H15ClN2OS. The fraction of sp³-hybridized carbons (Fsp3) is 0.125. The maximum absolute atomic E-state index is 11.8. The van der Waals surface area contributed by atoms with Gasteiger partial charge in [0, 0.05) is 11.6 Å². The van der Waals surface area contributed by atoms with Crippen molar-refractivity contribution in [1.29, 1.82) is 0 Å². The predicted octanol–water partition coefficient (Wildman–Crippen LogP) is 3.07. The Kier molecular flexibility index (Phi) is 5.72. The van der Waals surface area contributed by atoms with Crippen molar-refractivity contribution >= 4 is 34.8 Å². The molecule has 2 N–H and O–H groups in total. The van der Waals surface area contributed by atoms with Gasteiger partial charge in [0.25, 0.3) is 0 Å². The first-order valence-electron chi connectivity index (χ1n) is 6.49. The molecule has 0 heterocycles. The van der Waals surface area contributed by atoms with E-state index in [0.29, 0.717) is 16.7 Å². The van der Waals surface area contributed by atoms with Crippen molar-refractivity contribution in [1.82, 2.24) is 10.6 Å². The SMILES string of the molecule is O=C(Cc1ccc(Cl)cc1)NC(=S)NCc1ccccc1. The van der Waals surface area contributed by atoms with Crippen LogP contribution in [0.3, 0.4) is 0 Å². The molecule has 5 heteroatoms. The molecule has 0 aromatic heterocycles. The van der Waals surface area contributed by atoms with Gasteiger partial charge in [0.2, 0.25) is 5.91 Å². The van der Waals surface area contributed by atoms with E-state index in [1.165, 1.54) is 0 Å². The van der Waals surface area contributed by atoms with E-state index in [0.717, 1.165) is 11.1 Å². The first-order valence-corrected chi connectivity index (χ1v) is 7.28. The lowest BCUT2D eigenvalue weighted by Gasteiger charge is -2.09. The van der Waals surface area contributed by atoms with Crippen LogP contribution < -0.4 is 10.6 Å². The van der Waals surface area contributed by atoms with Crippen molar-refractivity contribution in [2.45, 2.75) is 13.0 Å². The van der Waals surface area contributed by atoms with E-state index >= 15 is 0 Å². The van der Waals surface area contributed by atoms with E-state index in [1.807, 2.05) is 42.5 Å². The van der Waals surface area contributed by atoms with E-state index < -0.39 is 0 Å². The molecule has 0 bridgehead atoms. The van der Waals surface area contributed by atoms with Gasteiger partial charge in [-0.3, -0.25) is 4.79 Å². The Morgan fingerprint density at radius 2 is 1.67 bits per heavy atom. The molecule has 2 rings (SSSR count). The van der Waals surface area contributed by atoms with Crippen LogP contribution in [-0.4, -0.2) is 11.0 Å². The molecule has 0 atom stereocenters. The zero-order chi connectivity index (χ0) is 15.1. The second-order valence-electron chi connectivity index (χ2n) is 4.52. The minimum absolute atomic E-state index is 0.150. The van der Waals surface area contributed by atoms with Crippen LogP contribution in [0.2, 0.25) is 5.02 Å². The smallest absolute Gasteiger partial charge is 0.230 e. The number of nitrogens with one attached hydrogen (secondary N) is 2. The number of hydrogen-bond donors (Lipinski definition) is 2. The third-order valence-corrected chi connectivity index (χ3v) is 3.33. The Labute approximate surface area is 134 Å². The Morgan fingerprint density at radius 3 is 2.33 bits per heavy atom. The number of amides is 1. The molecule has 0 radical (unpaired) electrons. The number of benzene rings is 2. The summed E-state index contributed by atoms with van der Waals surface area (Å²) in [4.78, 5) is 11.8. The molecule has 0 spiro atoms. The first kappa shape index (κ1) is 15.5. The van der Waals surface area contributed by atoms with Crippen LogP contribution in [0.4, 0.5) is 0 Å². The van der Waals surface area contributed by atoms with Crippen LogP contribution in [0.15, 0.2) is 54.6 Å². The summed E-state index contributed by atoms with van der Waals surface area (Å²) in [5.74, 6) is -0.150. The van der Waals surface area contributed by atoms with Gasteiger partial charge in [-0.15, -0.1) is 0 Å². The van der Waals surface area contributed by atoms with Gasteiger partial charge in [-0.1, -0.05) is 54.1 Å². The first-order chi connectivity index (χ1) is 10.1. The zero-order valence-electron chi connectivity index (χ0n) is 11.3. The van der Waals surface area contributed by atoms with Crippen molar-refractivity contribution in [3.8, 4) is 0 Å². The standard InChI is InChI=1S/C16H15ClN2OS/c17-14-8-6-12(7-9-14)10-15(20)19-16(21)18-11-13-4-2-1-3-5-13/h1-9H,10-11H2,(H2,18,19,20,21). The quantitative estimate of drug-likeness (QED) is 0.851. The second-order valence-corrected chi connectivity index (χ2v) is 5.36. The van der Waals surface area contributed by atoms with Gasteiger partial charge in [0.05, 0.1) is 6.42 Å². The highest BCUT2D eigenvalue weighted by Gasteiger charge is 2.05. The largest absolute Gasteiger partial charge is 0.358 e. The summed E-state index contributed by atoms with van der Waals surface area (Å²) in [6.45, 7) is 0.584. The molecule has 1 amide bonds. The fourth-order valence-corrected chi connectivity index (χ4v) is 2.09. The molecule has 21 heavy (non-hydrogen) atoms. The van der Waals surface area contributed by atoms with Crippen molar-refractivity contribution < 1.29 is 4.79 Å². The molecule has 3 nitrogen and oxygen atoms in total. The molecule has 0 unspecified atom stereocenters. The highest BCUT2D eigenvalue weighted by molar-refractivity contribution is 7.80. The number of carbonyl (C=O) groups excluding carboxylic acids is 1. The Bertz CT molecular complexity index is 614. The lowest BCUT2D eigenvalue weighted by atomic mass is 10.1. The number of thiocarbonyl (C=S) groups is 1. The highest BCUT2D eigenvalue weighted by Crippen LogP contribution is 2.09. The van der Waals surface area contributed by atoms with E-state index in [9.17, 15) is 4.79 Å². The topological polar surface area (TPSA) is 41.1 Å². The molecule has 0 fully saturated rings. The summed E-state index contributed by atoms with van der Waals surface area (Å²) in [6, 6.07) is 17.0. The molecular weight excluding hydrogens is 304 g/mol. The lowest BCUT2D eigenvalue weighted by molar-refractivity contribution is -0.119. The van der Waals surface area contributed by atoms with Crippen molar-refractivity contribution in [3.05, 3.63) is 70.7 Å². The average Bonchev–Trinajstić information content (AvgIpc) is 2.48. The maximum atomic E-state index is 11.8. The summed E-state index contributed by atoms with van der Waals surface area (Å²) in [7, 11) is 0. The third-order valence-electron chi connectivity index (χ3n) is 2.83. The van der Waals surface area contributed by atoms with Crippen LogP contribution in [0.1, 0.15) is 11.1 Å². The van der Waals surface area contributed by atoms with Crippen LogP contribution >= 0.6 is 23.8 Å². The minimum Gasteiger partial charge on any atom is -0.358 e. The summed E-state index contributed by atoms with van der Waals surface area (Å²) in [5, 5.41) is 6.65. The number of carbonyl (C=O) groups is 1. The molecule has 2 aromatic rings. The van der Waals surface area contributed by atoms with Gasteiger partial charge in [-0.25, -0.2) is 0 Å². The molecule has 2 aromatic carbocycles. The van der Waals surface area contributed by atoms with Crippen molar-refractivity contribution in [2.75, 3.05) is 0 Å². The van der Waals surface area contributed by atoms with Gasteiger partial charge in [0.1, 0.15) is 0 Å². The van der Waals surface area contributed by atoms with E-state index in [-0.39, 0.29) is 12.3 Å². The number of hydrogen-bond acceptors (Lipinski definition) is 2. The van der Waals surface area contributed by atoms with E-state index in [1.54, 1.807) is 12.1 Å². The van der Waals surface area contributed by atoms with E-state index in [4.69, 9.17) is 23.8 Å². The van der Waals surface area contributed by atoms with Crippen molar-refractivity contribution in [2.24, 2.45) is 0 Å². The van der Waals surface area contributed by atoms with Crippen LogP contribution in [0.5, 0.6) is 0 Å². The summed E-state index contributed by atoms with van der Waals surface area (Å²) >= 11 is 10.9. The second kappa shape index (κ2) is 7.76. The van der Waals surface area contributed by atoms with E-state index in [2.05, 4.69) is 10.6 Å². The van der Waals surface area contributed by atoms with Crippen molar-refractivity contribution in [3.63, 3.8) is 0 Å². The molecule has 0 aliphatic rings. The lowest BCUT2D eigenvalue weighted by Crippen LogP contribution is -2.39. The highest BCUT2D eigenvalue weighted by atomic mass is 35.5. The van der Waals surface area contributed by atoms with Gasteiger partial charge in [-0.05, 0) is 35.5 Å². The van der Waals surface area contributed by atoms with Gasteiger partial charge in [0.15, 0.2) is 5.11 Å². The molecule has 0 saturated carbocycles. The number of halogens is 1. The van der Waals surface area contributed by atoms with Crippen LogP contribution in [-0.2, 0) is 17.8 Å². The molecule has 108 valence electrons. The summed E-state index contributed by atoms with van der Waals surface area (Å²) in [6.07, 6.45) is 0.268. The maximum Gasteiger partial charge on any atom is 0.230 e. The Hall–Kier alpha value is -1.91. The number of rotatable bonds is 4. The Morgan fingerprint density at radius 1 is 1.00 bits per heavy atom. The molecule has 0 aliphatic carbocycles. The normalized spacial score (nSPS) is 9.95. The third kappa shape index (κ3) is 5.53. The zero-order valence-corrected chi connectivity index (χ0v) is 12.9. The van der Waals surface area contributed by atoms with Gasteiger partial charge in [-0.2, -0.15) is 0 Å². The Balaban J connectivity index is 1.77. The summed E-state index contributed by atoms with van der Waals surface area (Å²) < 4.78 is 0. The van der Waals surface area contributed by atoms with Gasteiger partial charge < -0.3 is 10.6 Å². The van der Waals surface area contributed by atoms with Crippen LogP contribution in [0, 0.1) is 0 Å². The fourth-order valence-electron chi connectivity index (χ4n) is 1.78. The average molecular weight is 319 g/mol. The minimum atomic E-state index is -0.150.